The lowest BCUT2D eigenvalue weighted by Crippen LogP contribution is -2.40. The highest BCUT2D eigenvalue weighted by atomic mass is 16.5. The maximum Gasteiger partial charge on any atom is 0.344 e. The van der Waals surface area contributed by atoms with Crippen LogP contribution < -0.4 is 21.0 Å². The minimum Gasteiger partial charge on any atom is -0.483 e. The van der Waals surface area contributed by atoms with Crippen LogP contribution >= 0.6 is 0 Å². The van der Waals surface area contributed by atoms with Crippen molar-refractivity contribution in [2.75, 3.05) is 19.7 Å². The third-order valence-corrected chi connectivity index (χ3v) is 4.23. The lowest BCUT2D eigenvalue weighted by atomic mass is 10.0. The molecule has 150 valence electrons. The van der Waals surface area contributed by atoms with Crippen LogP contribution in [0.15, 0.2) is 45.6 Å². The first-order chi connectivity index (χ1) is 13.9. The molecule has 3 rings (SSSR count). The highest BCUT2D eigenvalue weighted by Crippen LogP contribution is 2.30. The van der Waals surface area contributed by atoms with E-state index in [0.717, 1.165) is 10.8 Å². The highest BCUT2D eigenvalue weighted by Gasteiger charge is 2.14. The molecule has 0 spiro atoms. The number of hydrogen-bond acceptors (Lipinski definition) is 6. The van der Waals surface area contributed by atoms with Crippen molar-refractivity contribution in [1.82, 2.24) is 10.6 Å². The van der Waals surface area contributed by atoms with Gasteiger partial charge in [0.15, 0.2) is 6.61 Å². The van der Waals surface area contributed by atoms with E-state index < -0.39 is 30.0 Å². The van der Waals surface area contributed by atoms with E-state index in [4.69, 9.17) is 14.3 Å². The number of hydrogen-bond donors (Lipinski definition) is 3. The Morgan fingerprint density at radius 2 is 1.66 bits per heavy atom. The minimum atomic E-state index is -1.18. The maximum absolute atomic E-state index is 12.2. The van der Waals surface area contributed by atoms with Crippen LogP contribution in [0.2, 0.25) is 0 Å². The summed E-state index contributed by atoms with van der Waals surface area (Å²) >= 11 is 0. The molecule has 0 bridgehead atoms. The van der Waals surface area contributed by atoms with Crippen molar-refractivity contribution in [1.29, 1.82) is 0 Å². The number of rotatable bonds is 7. The second kappa shape index (κ2) is 8.42. The van der Waals surface area contributed by atoms with Gasteiger partial charge in [-0.25, -0.2) is 4.79 Å². The Bertz CT molecular complexity index is 1170. The Hall–Kier alpha value is -3.88. The lowest BCUT2D eigenvalue weighted by Gasteiger charge is -2.12. The van der Waals surface area contributed by atoms with E-state index in [9.17, 15) is 19.2 Å². The largest absolute Gasteiger partial charge is 0.483 e. The van der Waals surface area contributed by atoms with Gasteiger partial charge in [-0.05, 0) is 30.5 Å². The minimum absolute atomic E-state index is 0.362. The SMILES string of the molecule is Cc1c(OCC(=O)NCC(=O)NCC(=O)O)ccc2c1oc(=O)c1ccccc12. The monoisotopic (exact) mass is 398 g/mol. The van der Waals surface area contributed by atoms with E-state index in [1.165, 1.54) is 0 Å². The second-order valence-corrected chi connectivity index (χ2v) is 6.24. The summed E-state index contributed by atoms with van der Waals surface area (Å²) < 4.78 is 10.9. The first kappa shape index (κ1) is 19.9. The topological polar surface area (TPSA) is 135 Å². The summed E-state index contributed by atoms with van der Waals surface area (Å²) in [5.41, 5.74) is 0.482. The predicted molar refractivity (Wildman–Crippen MR) is 104 cm³/mol. The van der Waals surface area contributed by atoms with E-state index in [1.807, 2.05) is 12.1 Å². The summed E-state index contributed by atoms with van der Waals surface area (Å²) in [4.78, 5) is 45.8. The van der Waals surface area contributed by atoms with E-state index in [0.29, 0.717) is 22.3 Å². The average molecular weight is 398 g/mol. The summed E-state index contributed by atoms with van der Waals surface area (Å²) in [6.45, 7) is 0.456. The van der Waals surface area contributed by atoms with Crippen molar-refractivity contribution >= 4 is 39.5 Å². The van der Waals surface area contributed by atoms with Crippen LogP contribution in [0.5, 0.6) is 5.75 Å². The summed E-state index contributed by atoms with van der Waals surface area (Å²) in [5.74, 6) is -2.01. The molecular weight excluding hydrogens is 380 g/mol. The lowest BCUT2D eigenvalue weighted by molar-refractivity contribution is -0.137. The van der Waals surface area contributed by atoms with Crippen molar-refractivity contribution in [2.45, 2.75) is 6.92 Å². The van der Waals surface area contributed by atoms with Crippen LogP contribution in [0, 0.1) is 6.92 Å². The molecule has 0 radical (unpaired) electrons. The fraction of sp³-hybridized carbons (Fsp3) is 0.200. The number of carboxylic acids is 1. The van der Waals surface area contributed by atoms with Gasteiger partial charge in [0, 0.05) is 10.9 Å². The van der Waals surface area contributed by atoms with Gasteiger partial charge < -0.3 is 24.9 Å². The molecule has 0 saturated carbocycles. The third-order valence-electron chi connectivity index (χ3n) is 4.23. The Kier molecular flexibility index (Phi) is 5.77. The zero-order valence-corrected chi connectivity index (χ0v) is 15.5. The number of aliphatic carboxylic acids is 1. The molecular formula is C20H18N2O7. The van der Waals surface area contributed by atoms with Gasteiger partial charge in [-0.3, -0.25) is 14.4 Å². The molecule has 1 heterocycles. The van der Waals surface area contributed by atoms with Crippen LogP contribution in [0.1, 0.15) is 5.56 Å². The number of amides is 2. The number of aryl methyl sites for hydroxylation is 1. The molecule has 3 N–H and O–H groups in total. The van der Waals surface area contributed by atoms with Gasteiger partial charge in [-0.1, -0.05) is 18.2 Å². The van der Waals surface area contributed by atoms with E-state index in [2.05, 4.69) is 10.6 Å². The molecule has 2 aromatic carbocycles. The summed E-state index contributed by atoms with van der Waals surface area (Å²) in [7, 11) is 0. The van der Waals surface area contributed by atoms with Gasteiger partial charge in [0.1, 0.15) is 17.9 Å². The smallest absolute Gasteiger partial charge is 0.344 e. The van der Waals surface area contributed by atoms with Gasteiger partial charge in [0.2, 0.25) is 5.91 Å². The Morgan fingerprint density at radius 1 is 0.966 bits per heavy atom. The van der Waals surface area contributed by atoms with E-state index >= 15 is 0 Å². The quantitative estimate of drug-likeness (QED) is 0.398. The van der Waals surface area contributed by atoms with Gasteiger partial charge in [0.25, 0.3) is 5.91 Å². The van der Waals surface area contributed by atoms with Crippen molar-refractivity contribution in [3.63, 3.8) is 0 Å². The molecule has 0 aliphatic carbocycles. The van der Waals surface area contributed by atoms with E-state index in [-0.39, 0.29) is 13.2 Å². The maximum atomic E-state index is 12.2. The molecule has 0 atom stereocenters. The van der Waals surface area contributed by atoms with E-state index in [1.54, 1.807) is 31.2 Å². The van der Waals surface area contributed by atoms with Crippen LogP contribution in [-0.2, 0) is 14.4 Å². The molecule has 0 fully saturated rings. The molecule has 29 heavy (non-hydrogen) atoms. The average Bonchev–Trinajstić information content (AvgIpc) is 2.71. The molecule has 0 aliphatic rings. The number of carboxylic acid groups (broad SMARTS) is 1. The predicted octanol–water partition coefficient (Wildman–Crippen LogP) is 0.950. The standard InChI is InChI=1S/C20H18N2O7/c1-11-15(28-10-17(24)21-8-16(23)22-9-18(25)26)7-6-13-12-4-2-3-5-14(12)20(27)29-19(11)13/h2-7H,8-10H2,1H3,(H,21,24)(H,22,23)(H,25,26). The summed E-state index contributed by atoms with van der Waals surface area (Å²) in [6.07, 6.45) is 0. The number of carbonyl (C=O) groups is 3. The fourth-order valence-corrected chi connectivity index (χ4v) is 2.83. The highest BCUT2D eigenvalue weighted by molar-refractivity contribution is 6.05. The number of nitrogens with one attached hydrogen (secondary N) is 2. The molecule has 0 aliphatic heterocycles. The summed E-state index contributed by atoms with van der Waals surface area (Å²) in [5, 5.41) is 14.9. The number of ether oxygens (including phenoxy) is 1. The second-order valence-electron chi connectivity index (χ2n) is 6.24. The van der Waals surface area contributed by atoms with Crippen molar-refractivity contribution in [3.8, 4) is 5.75 Å². The number of carbonyl (C=O) groups excluding carboxylic acids is 2. The first-order valence-corrected chi connectivity index (χ1v) is 8.70. The Balaban J connectivity index is 1.69. The normalized spacial score (nSPS) is 10.7. The first-order valence-electron chi connectivity index (χ1n) is 8.70. The van der Waals surface area contributed by atoms with Crippen molar-refractivity contribution < 1.29 is 28.6 Å². The molecule has 1 aromatic heterocycles. The van der Waals surface area contributed by atoms with Gasteiger partial charge in [-0.15, -0.1) is 0 Å². The van der Waals surface area contributed by atoms with Crippen LogP contribution in [0.4, 0.5) is 0 Å². The molecule has 0 unspecified atom stereocenters. The Morgan fingerprint density at radius 3 is 2.38 bits per heavy atom. The third kappa shape index (κ3) is 4.52. The van der Waals surface area contributed by atoms with Crippen LogP contribution in [0.3, 0.4) is 0 Å². The molecule has 3 aromatic rings. The zero-order chi connectivity index (χ0) is 21.0. The van der Waals surface area contributed by atoms with Crippen molar-refractivity contribution in [2.24, 2.45) is 0 Å². The Labute approximate surface area is 164 Å². The number of fused-ring (bicyclic) bond motifs is 3. The molecule has 9 heteroatoms. The van der Waals surface area contributed by atoms with Crippen LogP contribution in [-0.4, -0.2) is 42.6 Å². The molecule has 2 amide bonds. The van der Waals surface area contributed by atoms with Gasteiger partial charge in [0.05, 0.1) is 11.9 Å². The van der Waals surface area contributed by atoms with Gasteiger partial charge in [-0.2, -0.15) is 0 Å². The van der Waals surface area contributed by atoms with Crippen LogP contribution in [0.25, 0.3) is 21.7 Å². The van der Waals surface area contributed by atoms with Crippen molar-refractivity contribution in [3.05, 3.63) is 52.4 Å². The fourth-order valence-electron chi connectivity index (χ4n) is 2.83. The molecule has 0 saturated heterocycles. The van der Waals surface area contributed by atoms with Gasteiger partial charge >= 0.3 is 11.6 Å². The number of benzene rings is 2. The summed E-state index contributed by atoms with van der Waals surface area (Å²) in [6, 6.07) is 10.5. The molecule has 9 nitrogen and oxygen atoms in total. The zero-order valence-electron chi connectivity index (χ0n) is 15.5.